The number of esters is 1. The maximum atomic E-state index is 11.9. The highest BCUT2D eigenvalue weighted by Crippen LogP contribution is 2.35. The lowest BCUT2D eigenvalue weighted by Crippen LogP contribution is -2.46. The topological polar surface area (TPSA) is 84.8 Å². The summed E-state index contributed by atoms with van der Waals surface area (Å²) in [6.07, 6.45) is -1.05. The molecule has 8 heteroatoms. The smallest absolute Gasteiger partial charge is 0.334 e. The maximum Gasteiger partial charge on any atom is 0.334 e. The largest absolute Gasteiger partial charge is 0.475 e. The summed E-state index contributed by atoms with van der Waals surface area (Å²) in [4.78, 5) is 15.9. The van der Waals surface area contributed by atoms with Crippen molar-refractivity contribution in [1.82, 2.24) is 0 Å². The summed E-state index contributed by atoms with van der Waals surface area (Å²) in [6.45, 7) is 2.20. The molecule has 0 N–H and O–H groups in total. The molecule has 0 aromatic heterocycles. The van der Waals surface area contributed by atoms with Crippen molar-refractivity contribution in [3.8, 4) is 0 Å². The van der Waals surface area contributed by atoms with Gasteiger partial charge in [0.15, 0.2) is 24.8 Å². The minimum atomic E-state index is -0.750. The summed E-state index contributed by atoms with van der Waals surface area (Å²) < 4.78 is 32.3. The van der Waals surface area contributed by atoms with Crippen LogP contribution < -0.4 is 0 Å². The van der Waals surface area contributed by atoms with E-state index in [-0.39, 0.29) is 25.6 Å². The van der Waals surface area contributed by atoms with E-state index in [0.29, 0.717) is 0 Å². The minimum Gasteiger partial charge on any atom is -0.475 e. The first-order valence-corrected chi connectivity index (χ1v) is 6.51. The molecule has 20 heavy (non-hydrogen) atoms. The quantitative estimate of drug-likeness (QED) is 0.642. The van der Waals surface area contributed by atoms with E-state index in [0.717, 1.165) is 0 Å². The molecule has 0 aromatic rings. The summed E-state index contributed by atoms with van der Waals surface area (Å²) in [5, 5.41) is 0. The standard InChI is InChI=1S/C12H17NO7/c1-3-16-11(14)6-7(17-4-13-6)9-8-10(19-5-18-8)12(15-2)20-9/h4,6-10,12H,3,5H2,1-2H3/t6-,7-,8+,9+,10+,12+/m0/s1. The van der Waals surface area contributed by atoms with Crippen LogP contribution in [0.25, 0.3) is 0 Å². The van der Waals surface area contributed by atoms with Crippen molar-refractivity contribution in [2.75, 3.05) is 20.5 Å². The van der Waals surface area contributed by atoms with E-state index in [2.05, 4.69) is 4.99 Å². The molecule has 3 aliphatic rings. The molecular weight excluding hydrogens is 270 g/mol. The summed E-state index contributed by atoms with van der Waals surface area (Å²) >= 11 is 0. The number of fused-ring (bicyclic) bond motifs is 1. The van der Waals surface area contributed by atoms with Crippen LogP contribution in [-0.4, -0.2) is 69.6 Å². The SMILES string of the molecule is CCOC(=O)[C@H]1N=CO[C@@H]1[C@H]1O[C@@H](OC)[C@@H]2OCO[C@H]12. The van der Waals surface area contributed by atoms with Crippen LogP contribution in [0, 0.1) is 0 Å². The van der Waals surface area contributed by atoms with Gasteiger partial charge in [0.2, 0.25) is 0 Å². The molecule has 3 rings (SSSR count). The van der Waals surface area contributed by atoms with Crippen LogP contribution in [0.5, 0.6) is 0 Å². The Balaban J connectivity index is 1.73. The molecule has 8 nitrogen and oxygen atoms in total. The summed E-state index contributed by atoms with van der Waals surface area (Å²) in [5.74, 6) is -0.439. The number of aliphatic imine (C=N–C) groups is 1. The number of carbonyl (C=O) groups is 1. The van der Waals surface area contributed by atoms with Gasteiger partial charge in [-0.25, -0.2) is 9.79 Å². The van der Waals surface area contributed by atoms with Gasteiger partial charge in [-0.05, 0) is 6.92 Å². The van der Waals surface area contributed by atoms with Crippen molar-refractivity contribution in [3.63, 3.8) is 0 Å². The number of methoxy groups -OCH3 is 1. The number of hydrogen-bond acceptors (Lipinski definition) is 8. The Kier molecular flexibility index (Phi) is 3.88. The van der Waals surface area contributed by atoms with Crippen molar-refractivity contribution in [2.45, 2.75) is 43.7 Å². The minimum absolute atomic E-state index is 0.173. The third-order valence-electron chi connectivity index (χ3n) is 3.56. The van der Waals surface area contributed by atoms with Gasteiger partial charge in [0.1, 0.15) is 25.1 Å². The average Bonchev–Trinajstić information content (AvgIpc) is 3.14. The van der Waals surface area contributed by atoms with E-state index >= 15 is 0 Å². The van der Waals surface area contributed by atoms with Gasteiger partial charge >= 0.3 is 5.97 Å². The molecule has 3 aliphatic heterocycles. The molecule has 0 radical (unpaired) electrons. The second-order valence-corrected chi connectivity index (χ2v) is 4.64. The molecule has 0 aliphatic carbocycles. The highest BCUT2D eigenvalue weighted by atomic mass is 16.8. The van der Waals surface area contributed by atoms with Gasteiger partial charge in [-0.3, -0.25) is 0 Å². The zero-order valence-electron chi connectivity index (χ0n) is 11.3. The Hall–Kier alpha value is -1.22. The van der Waals surface area contributed by atoms with Crippen LogP contribution in [0.4, 0.5) is 0 Å². The zero-order valence-corrected chi connectivity index (χ0v) is 11.3. The van der Waals surface area contributed by atoms with E-state index in [1.165, 1.54) is 13.5 Å². The highest BCUT2D eigenvalue weighted by molar-refractivity contribution is 5.80. The number of hydrogen-bond donors (Lipinski definition) is 0. The first-order valence-electron chi connectivity index (χ1n) is 6.51. The van der Waals surface area contributed by atoms with Gasteiger partial charge in [0, 0.05) is 7.11 Å². The molecule has 0 bridgehead atoms. The molecule has 2 saturated heterocycles. The molecule has 6 atom stereocenters. The highest BCUT2D eigenvalue weighted by Gasteiger charge is 2.56. The molecule has 0 saturated carbocycles. The fourth-order valence-electron chi connectivity index (χ4n) is 2.68. The Labute approximate surface area is 115 Å². The monoisotopic (exact) mass is 287 g/mol. The second kappa shape index (κ2) is 5.65. The first kappa shape index (κ1) is 13.7. The zero-order chi connectivity index (χ0) is 14.1. The van der Waals surface area contributed by atoms with Gasteiger partial charge in [-0.2, -0.15) is 0 Å². The Morgan fingerprint density at radius 3 is 2.85 bits per heavy atom. The number of carbonyl (C=O) groups excluding carboxylic acids is 1. The normalized spacial score (nSPS) is 42.5. The molecule has 3 heterocycles. The summed E-state index contributed by atoms with van der Waals surface area (Å²) in [6, 6.07) is -0.750. The lowest BCUT2D eigenvalue weighted by Gasteiger charge is -2.24. The average molecular weight is 287 g/mol. The third kappa shape index (κ3) is 2.18. The molecule has 0 unspecified atom stereocenters. The first-order chi connectivity index (χ1) is 9.76. The third-order valence-corrected chi connectivity index (χ3v) is 3.56. The Morgan fingerprint density at radius 1 is 1.30 bits per heavy atom. The van der Waals surface area contributed by atoms with E-state index in [1.54, 1.807) is 6.92 Å². The van der Waals surface area contributed by atoms with Crippen molar-refractivity contribution in [3.05, 3.63) is 0 Å². The van der Waals surface area contributed by atoms with Gasteiger partial charge in [-0.1, -0.05) is 0 Å². The molecule has 0 amide bonds. The van der Waals surface area contributed by atoms with Crippen LogP contribution in [0.1, 0.15) is 6.92 Å². The molecule has 2 fully saturated rings. The van der Waals surface area contributed by atoms with Gasteiger partial charge in [0.05, 0.1) is 6.61 Å². The van der Waals surface area contributed by atoms with Crippen LogP contribution >= 0.6 is 0 Å². The van der Waals surface area contributed by atoms with E-state index in [9.17, 15) is 4.79 Å². The predicted octanol–water partition coefficient (Wildman–Crippen LogP) is -0.542. The lowest BCUT2D eigenvalue weighted by atomic mass is 10.0. The molecular formula is C12H17NO7. The molecule has 0 spiro atoms. The summed E-state index contributed by atoms with van der Waals surface area (Å²) in [7, 11) is 1.53. The van der Waals surface area contributed by atoms with Crippen LogP contribution in [0.2, 0.25) is 0 Å². The summed E-state index contributed by atoms with van der Waals surface area (Å²) in [5.41, 5.74) is 0. The Bertz CT molecular complexity index is 401. The van der Waals surface area contributed by atoms with Crippen molar-refractivity contribution < 1.29 is 33.2 Å². The van der Waals surface area contributed by atoms with E-state index < -0.39 is 30.5 Å². The van der Waals surface area contributed by atoms with E-state index in [4.69, 9.17) is 28.4 Å². The number of ether oxygens (including phenoxy) is 6. The lowest BCUT2D eigenvalue weighted by molar-refractivity contribution is -0.188. The number of nitrogens with zero attached hydrogens (tertiary/aromatic N) is 1. The van der Waals surface area contributed by atoms with Crippen LogP contribution in [0.3, 0.4) is 0 Å². The number of rotatable bonds is 4. The van der Waals surface area contributed by atoms with Crippen LogP contribution in [-0.2, 0) is 33.2 Å². The Morgan fingerprint density at radius 2 is 2.10 bits per heavy atom. The van der Waals surface area contributed by atoms with Crippen molar-refractivity contribution in [1.29, 1.82) is 0 Å². The van der Waals surface area contributed by atoms with E-state index in [1.807, 2.05) is 0 Å². The van der Waals surface area contributed by atoms with Gasteiger partial charge in [0.25, 0.3) is 0 Å². The molecule has 112 valence electrons. The molecule has 0 aromatic carbocycles. The fraction of sp³-hybridized carbons (Fsp3) is 0.833. The van der Waals surface area contributed by atoms with Gasteiger partial charge in [-0.15, -0.1) is 0 Å². The van der Waals surface area contributed by atoms with Crippen molar-refractivity contribution >= 4 is 12.4 Å². The maximum absolute atomic E-state index is 11.9. The van der Waals surface area contributed by atoms with Crippen molar-refractivity contribution in [2.24, 2.45) is 4.99 Å². The van der Waals surface area contributed by atoms with Crippen LogP contribution in [0.15, 0.2) is 4.99 Å². The second-order valence-electron chi connectivity index (χ2n) is 4.64. The predicted molar refractivity (Wildman–Crippen MR) is 64.1 cm³/mol. The van der Waals surface area contributed by atoms with Gasteiger partial charge < -0.3 is 28.4 Å². The fourth-order valence-corrected chi connectivity index (χ4v) is 2.68.